The fourth-order valence-electron chi connectivity index (χ4n) is 2.18. The maximum absolute atomic E-state index is 10.4. The second-order valence-electron chi connectivity index (χ2n) is 4.58. The molecule has 2 rings (SSSR count). The minimum absolute atomic E-state index is 0.276. The first-order chi connectivity index (χ1) is 7.18. The first-order valence-corrected chi connectivity index (χ1v) is 5.52. The van der Waals surface area contributed by atoms with Crippen molar-refractivity contribution in [1.29, 1.82) is 0 Å². The van der Waals surface area contributed by atoms with Crippen LogP contribution in [0.1, 0.15) is 18.9 Å². The minimum Gasteiger partial charge on any atom is -0.389 e. The van der Waals surface area contributed by atoms with Gasteiger partial charge in [0.2, 0.25) is 0 Å². The van der Waals surface area contributed by atoms with E-state index in [-0.39, 0.29) is 5.92 Å². The van der Waals surface area contributed by atoms with Crippen LogP contribution < -0.4 is 0 Å². The quantitative estimate of drug-likeness (QED) is 0.819. The summed E-state index contributed by atoms with van der Waals surface area (Å²) in [5.41, 5.74) is 0.548. The van der Waals surface area contributed by atoms with Crippen molar-refractivity contribution in [2.45, 2.75) is 25.4 Å². The van der Waals surface area contributed by atoms with Gasteiger partial charge >= 0.3 is 0 Å². The summed E-state index contributed by atoms with van der Waals surface area (Å²) in [4.78, 5) is 0. The number of ether oxygens (including phenoxy) is 1. The average Bonchev–Trinajstić information content (AvgIpc) is 2.71. The van der Waals surface area contributed by atoms with Gasteiger partial charge in [-0.05, 0) is 18.9 Å². The topological polar surface area (TPSA) is 29.5 Å². The Morgan fingerprint density at radius 3 is 2.73 bits per heavy atom. The zero-order valence-corrected chi connectivity index (χ0v) is 9.15. The predicted molar refractivity (Wildman–Crippen MR) is 59.7 cm³/mol. The highest BCUT2D eigenvalue weighted by Crippen LogP contribution is 2.28. The third-order valence-corrected chi connectivity index (χ3v) is 3.21. The zero-order valence-electron chi connectivity index (χ0n) is 9.15. The van der Waals surface area contributed by atoms with Crippen molar-refractivity contribution in [2.75, 3.05) is 13.2 Å². The molecule has 82 valence electrons. The van der Waals surface area contributed by atoms with Crippen LogP contribution in [0.4, 0.5) is 0 Å². The second kappa shape index (κ2) is 4.33. The van der Waals surface area contributed by atoms with Crippen LogP contribution in [0.25, 0.3) is 0 Å². The molecule has 2 atom stereocenters. The first-order valence-electron chi connectivity index (χ1n) is 5.52. The van der Waals surface area contributed by atoms with Crippen molar-refractivity contribution in [1.82, 2.24) is 0 Å². The molecule has 0 radical (unpaired) electrons. The molecule has 0 bridgehead atoms. The highest BCUT2D eigenvalue weighted by atomic mass is 16.5. The molecule has 1 aromatic carbocycles. The highest BCUT2D eigenvalue weighted by Gasteiger charge is 2.34. The van der Waals surface area contributed by atoms with E-state index in [0.29, 0.717) is 13.0 Å². The number of aliphatic hydroxyl groups is 1. The fourth-order valence-corrected chi connectivity index (χ4v) is 2.18. The maximum atomic E-state index is 10.4. The molecule has 2 heteroatoms. The van der Waals surface area contributed by atoms with Crippen LogP contribution >= 0.6 is 0 Å². The lowest BCUT2D eigenvalue weighted by atomic mass is 9.83. The number of benzene rings is 1. The van der Waals surface area contributed by atoms with Gasteiger partial charge in [0.05, 0.1) is 12.2 Å². The van der Waals surface area contributed by atoms with Crippen LogP contribution in [0.3, 0.4) is 0 Å². The van der Waals surface area contributed by atoms with Gasteiger partial charge in [0, 0.05) is 18.9 Å². The fraction of sp³-hybridized carbons (Fsp3) is 0.538. The van der Waals surface area contributed by atoms with Crippen molar-refractivity contribution in [2.24, 2.45) is 5.92 Å². The lowest BCUT2D eigenvalue weighted by Crippen LogP contribution is -2.37. The summed E-state index contributed by atoms with van der Waals surface area (Å²) in [7, 11) is 0. The summed E-state index contributed by atoms with van der Waals surface area (Å²) in [5, 5.41) is 10.4. The molecule has 1 N–H and O–H groups in total. The van der Waals surface area contributed by atoms with Gasteiger partial charge in [0.15, 0.2) is 0 Å². The standard InChI is InChI=1S/C13H18O2/c1-13(14,12-7-8-15-10-12)9-11-5-3-2-4-6-11/h2-6,12,14H,7-10H2,1H3. The maximum Gasteiger partial charge on any atom is 0.0710 e. The Bertz CT molecular complexity index is 300. The Morgan fingerprint density at radius 2 is 2.13 bits per heavy atom. The van der Waals surface area contributed by atoms with E-state index in [9.17, 15) is 5.11 Å². The van der Waals surface area contributed by atoms with Crippen LogP contribution in [0.15, 0.2) is 30.3 Å². The van der Waals surface area contributed by atoms with Crippen molar-refractivity contribution >= 4 is 0 Å². The van der Waals surface area contributed by atoms with Crippen LogP contribution in [-0.2, 0) is 11.2 Å². The van der Waals surface area contributed by atoms with Crippen molar-refractivity contribution < 1.29 is 9.84 Å². The Morgan fingerprint density at radius 1 is 1.40 bits per heavy atom. The van der Waals surface area contributed by atoms with Gasteiger partial charge in [0.1, 0.15) is 0 Å². The third-order valence-electron chi connectivity index (χ3n) is 3.21. The van der Waals surface area contributed by atoms with Gasteiger partial charge in [-0.3, -0.25) is 0 Å². The number of hydrogen-bond acceptors (Lipinski definition) is 2. The predicted octanol–water partition coefficient (Wildman–Crippen LogP) is 2.02. The molecule has 1 saturated heterocycles. The highest BCUT2D eigenvalue weighted by molar-refractivity contribution is 5.17. The smallest absolute Gasteiger partial charge is 0.0710 e. The van der Waals surface area contributed by atoms with Gasteiger partial charge < -0.3 is 9.84 Å². The Hall–Kier alpha value is -0.860. The summed E-state index contributed by atoms with van der Waals surface area (Å²) >= 11 is 0. The normalized spacial score (nSPS) is 25.1. The minimum atomic E-state index is -0.641. The first kappa shape index (κ1) is 10.7. The molecule has 1 heterocycles. The van der Waals surface area contributed by atoms with Gasteiger partial charge in [-0.1, -0.05) is 30.3 Å². The molecule has 1 aliphatic rings. The van der Waals surface area contributed by atoms with Crippen LogP contribution in [0, 0.1) is 5.92 Å². The van der Waals surface area contributed by atoms with E-state index in [4.69, 9.17) is 4.74 Å². The van der Waals surface area contributed by atoms with E-state index >= 15 is 0 Å². The largest absolute Gasteiger partial charge is 0.389 e. The monoisotopic (exact) mass is 206 g/mol. The van der Waals surface area contributed by atoms with Crippen LogP contribution in [0.5, 0.6) is 0 Å². The van der Waals surface area contributed by atoms with Crippen molar-refractivity contribution in [3.05, 3.63) is 35.9 Å². The van der Waals surface area contributed by atoms with Gasteiger partial charge in [-0.15, -0.1) is 0 Å². The van der Waals surface area contributed by atoms with E-state index in [2.05, 4.69) is 12.1 Å². The van der Waals surface area contributed by atoms with Gasteiger partial charge in [-0.2, -0.15) is 0 Å². The zero-order chi connectivity index (χ0) is 10.7. The molecule has 1 aliphatic heterocycles. The summed E-state index contributed by atoms with van der Waals surface area (Å²) in [6, 6.07) is 10.1. The van der Waals surface area contributed by atoms with E-state index in [0.717, 1.165) is 13.0 Å². The molecule has 0 amide bonds. The van der Waals surface area contributed by atoms with E-state index in [1.807, 2.05) is 25.1 Å². The van der Waals surface area contributed by atoms with Gasteiger partial charge in [-0.25, -0.2) is 0 Å². The number of hydrogen-bond donors (Lipinski definition) is 1. The van der Waals surface area contributed by atoms with Crippen molar-refractivity contribution in [3.8, 4) is 0 Å². The Labute approximate surface area is 90.9 Å². The van der Waals surface area contributed by atoms with Crippen LogP contribution in [-0.4, -0.2) is 23.9 Å². The molecule has 1 aromatic rings. The third kappa shape index (κ3) is 2.58. The van der Waals surface area contributed by atoms with Crippen molar-refractivity contribution in [3.63, 3.8) is 0 Å². The average molecular weight is 206 g/mol. The molecule has 0 spiro atoms. The van der Waals surface area contributed by atoms with E-state index in [1.54, 1.807) is 0 Å². The molecule has 0 aliphatic carbocycles. The molecule has 1 fully saturated rings. The lowest BCUT2D eigenvalue weighted by Gasteiger charge is -2.29. The summed E-state index contributed by atoms with van der Waals surface area (Å²) in [6.07, 6.45) is 1.68. The molecule has 2 unspecified atom stereocenters. The molecular weight excluding hydrogens is 188 g/mol. The Kier molecular flexibility index (Phi) is 3.08. The van der Waals surface area contributed by atoms with Gasteiger partial charge in [0.25, 0.3) is 0 Å². The molecule has 15 heavy (non-hydrogen) atoms. The molecule has 2 nitrogen and oxygen atoms in total. The molecular formula is C13H18O2. The summed E-state index contributed by atoms with van der Waals surface area (Å²) in [6.45, 7) is 3.40. The lowest BCUT2D eigenvalue weighted by molar-refractivity contribution is -0.00453. The summed E-state index contributed by atoms with van der Waals surface area (Å²) in [5.74, 6) is 0.276. The summed E-state index contributed by atoms with van der Waals surface area (Å²) < 4.78 is 5.32. The Balaban J connectivity index is 2.03. The molecule has 0 saturated carbocycles. The van der Waals surface area contributed by atoms with Crippen LogP contribution in [0.2, 0.25) is 0 Å². The molecule has 0 aromatic heterocycles. The van der Waals surface area contributed by atoms with E-state index in [1.165, 1.54) is 5.56 Å². The SMILES string of the molecule is CC(O)(Cc1ccccc1)C1CCOC1. The number of rotatable bonds is 3. The van der Waals surface area contributed by atoms with E-state index < -0.39 is 5.60 Å². The second-order valence-corrected chi connectivity index (χ2v) is 4.58.